The fourth-order valence-electron chi connectivity index (χ4n) is 1.82. The highest BCUT2D eigenvalue weighted by atomic mass is 19.1. The number of hydrogen-bond acceptors (Lipinski definition) is 3. The van der Waals surface area contributed by atoms with E-state index in [1.807, 2.05) is 13.8 Å². The Balaban J connectivity index is 2.20. The Morgan fingerprint density at radius 1 is 1.42 bits per heavy atom. The Kier molecular flexibility index (Phi) is 3.50. The standard InChI is InChI=1S/C13H15FN4O/c1-3-18-8(2)4-12(17-18)13(19)16-11-6-9(14)5-10(15)7-11/h4-7H,3,15H2,1-2H3,(H,16,19). The van der Waals surface area contributed by atoms with Gasteiger partial charge in [0.1, 0.15) is 5.82 Å². The molecule has 0 aliphatic heterocycles. The van der Waals surface area contributed by atoms with Gasteiger partial charge in [-0.3, -0.25) is 9.48 Å². The Hall–Kier alpha value is -2.37. The molecule has 0 atom stereocenters. The molecule has 0 spiro atoms. The number of benzene rings is 1. The van der Waals surface area contributed by atoms with Crippen LogP contribution in [0, 0.1) is 12.7 Å². The molecular formula is C13H15FN4O. The molecular weight excluding hydrogens is 247 g/mol. The zero-order chi connectivity index (χ0) is 14.0. The van der Waals surface area contributed by atoms with Crippen molar-refractivity contribution in [2.24, 2.45) is 0 Å². The molecule has 1 aromatic heterocycles. The molecule has 0 unspecified atom stereocenters. The van der Waals surface area contributed by atoms with Crippen LogP contribution in [0.15, 0.2) is 24.3 Å². The van der Waals surface area contributed by atoms with E-state index in [2.05, 4.69) is 10.4 Å². The SMILES string of the molecule is CCn1nc(C(=O)Nc2cc(N)cc(F)c2)cc1C. The van der Waals surface area contributed by atoms with Gasteiger partial charge in [0.2, 0.25) is 0 Å². The van der Waals surface area contributed by atoms with E-state index < -0.39 is 5.82 Å². The van der Waals surface area contributed by atoms with Crippen molar-refractivity contribution in [3.63, 3.8) is 0 Å². The minimum absolute atomic E-state index is 0.255. The lowest BCUT2D eigenvalue weighted by Gasteiger charge is -2.04. The first kappa shape index (κ1) is 13.1. The van der Waals surface area contributed by atoms with Crippen molar-refractivity contribution >= 4 is 17.3 Å². The number of carbonyl (C=O) groups excluding carboxylic acids is 1. The number of amides is 1. The maximum atomic E-state index is 13.2. The number of anilines is 2. The van der Waals surface area contributed by atoms with E-state index in [9.17, 15) is 9.18 Å². The third kappa shape index (κ3) is 2.90. The van der Waals surface area contributed by atoms with Gasteiger partial charge in [-0.15, -0.1) is 0 Å². The molecule has 1 heterocycles. The Bertz CT molecular complexity index is 601. The summed E-state index contributed by atoms with van der Waals surface area (Å²) < 4.78 is 14.9. The number of hydrogen-bond donors (Lipinski definition) is 2. The minimum atomic E-state index is -0.495. The molecule has 0 fully saturated rings. The summed E-state index contributed by atoms with van der Waals surface area (Å²) in [6.45, 7) is 4.49. The number of halogens is 1. The van der Waals surface area contributed by atoms with Gasteiger partial charge in [0.15, 0.2) is 5.69 Å². The summed E-state index contributed by atoms with van der Waals surface area (Å²) in [4.78, 5) is 12.0. The molecule has 0 radical (unpaired) electrons. The quantitative estimate of drug-likeness (QED) is 0.833. The molecule has 19 heavy (non-hydrogen) atoms. The van der Waals surface area contributed by atoms with Gasteiger partial charge < -0.3 is 11.1 Å². The predicted octanol–water partition coefficient (Wildman–Crippen LogP) is 2.19. The maximum Gasteiger partial charge on any atom is 0.276 e. The van der Waals surface area contributed by atoms with Gasteiger partial charge in [0.05, 0.1) is 0 Å². The van der Waals surface area contributed by atoms with Gasteiger partial charge >= 0.3 is 0 Å². The summed E-state index contributed by atoms with van der Waals surface area (Å²) in [7, 11) is 0. The second-order valence-electron chi connectivity index (χ2n) is 4.21. The van der Waals surface area contributed by atoms with Gasteiger partial charge in [-0.05, 0) is 38.1 Å². The number of nitrogen functional groups attached to an aromatic ring is 1. The summed E-state index contributed by atoms with van der Waals surface area (Å²) in [5.74, 6) is -0.883. The van der Waals surface area contributed by atoms with Crippen LogP contribution in [0.2, 0.25) is 0 Å². The molecule has 0 saturated carbocycles. The van der Waals surface area contributed by atoms with E-state index in [1.54, 1.807) is 10.7 Å². The number of aryl methyl sites for hydroxylation is 2. The van der Waals surface area contributed by atoms with Crippen molar-refractivity contribution in [1.29, 1.82) is 0 Å². The van der Waals surface area contributed by atoms with E-state index >= 15 is 0 Å². The van der Waals surface area contributed by atoms with Crippen LogP contribution in [-0.4, -0.2) is 15.7 Å². The first-order valence-corrected chi connectivity index (χ1v) is 5.91. The van der Waals surface area contributed by atoms with Crippen molar-refractivity contribution in [2.75, 3.05) is 11.1 Å². The monoisotopic (exact) mass is 262 g/mol. The molecule has 0 bridgehead atoms. The number of nitrogens with one attached hydrogen (secondary N) is 1. The highest BCUT2D eigenvalue weighted by molar-refractivity contribution is 6.03. The summed E-state index contributed by atoms with van der Waals surface area (Å²) in [5.41, 5.74) is 7.27. The van der Waals surface area contributed by atoms with Crippen LogP contribution in [0.1, 0.15) is 23.1 Å². The lowest BCUT2D eigenvalue weighted by Crippen LogP contribution is -2.13. The summed E-state index contributed by atoms with van der Waals surface area (Å²) in [5, 5.41) is 6.72. The van der Waals surface area contributed by atoms with Crippen molar-refractivity contribution in [1.82, 2.24) is 9.78 Å². The molecule has 5 nitrogen and oxygen atoms in total. The van der Waals surface area contributed by atoms with Crippen molar-refractivity contribution in [3.8, 4) is 0 Å². The topological polar surface area (TPSA) is 72.9 Å². The van der Waals surface area contributed by atoms with E-state index in [1.165, 1.54) is 18.2 Å². The van der Waals surface area contributed by atoms with Crippen molar-refractivity contribution in [3.05, 3.63) is 41.5 Å². The maximum absolute atomic E-state index is 13.2. The molecule has 1 amide bonds. The fraction of sp³-hybridized carbons (Fsp3) is 0.231. The summed E-state index contributed by atoms with van der Waals surface area (Å²) in [6, 6.07) is 5.57. The van der Waals surface area contributed by atoms with Crippen LogP contribution in [0.5, 0.6) is 0 Å². The van der Waals surface area contributed by atoms with Gasteiger partial charge in [-0.25, -0.2) is 4.39 Å². The zero-order valence-corrected chi connectivity index (χ0v) is 10.8. The molecule has 3 N–H and O–H groups in total. The van der Waals surface area contributed by atoms with Gasteiger partial charge in [-0.1, -0.05) is 0 Å². The Morgan fingerprint density at radius 3 is 2.74 bits per heavy atom. The van der Waals surface area contributed by atoms with Crippen LogP contribution in [0.4, 0.5) is 15.8 Å². The largest absolute Gasteiger partial charge is 0.399 e. The number of carbonyl (C=O) groups is 1. The van der Waals surface area contributed by atoms with E-state index in [4.69, 9.17) is 5.73 Å². The van der Waals surface area contributed by atoms with Gasteiger partial charge in [0.25, 0.3) is 5.91 Å². The van der Waals surface area contributed by atoms with Crippen LogP contribution < -0.4 is 11.1 Å². The first-order chi connectivity index (χ1) is 8.99. The van der Waals surface area contributed by atoms with Gasteiger partial charge in [-0.2, -0.15) is 5.10 Å². The molecule has 0 aliphatic rings. The third-order valence-electron chi connectivity index (χ3n) is 2.69. The molecule has 6 heteroatoms. The second kappa shape index (κ2) is 5.09. The minimum Gasteiger partial charge on any atom is -0.399 e. The molecule has 0 aliphatic carbocycles. The lowest BCUT2D eigenvalue weighted by atomic mass is 10.2. The van der Waals surface area contributed by atoms with Crippen LogP contribution in [0.3, 0.4) is 0 Å². The second-order valence-corrected chi connectivity index (χ2v) is 4.21. The predicted molar refractivity (Wildman–Crippen MR) is 71.4 cm³/mol. The normalized spacial score (nSPS) is 10.5. The molecule has 100 valence electrons. The van der Waals surface area contributed by atoms with E-state index in [-0.39, 0.29) is 11.6 Å². The van der Waals surface area contributed by atoms with Crippen molar-refractivity contribution in [2.45, 2.75) is 20.4 Å². The van der Waals surface area contributed by atoms with Crippen LogP contribution in [-0.2, 0) is 6.54 Å². The van der Waals surface area contributed by atoms with Crippen molar-refractivity contribution < 1.29 is 9.18 Å². The lowest BCUT2D eigenvalue weighted by molar-refractivity contribution is 0.102. The number of aromatic nitrogens is 2. The Labute approximate surface area is 110 Å². The highest BCUT2D eigenvalue weighted by Gasteiger charge is 2.12. The van der Waals surface area contributed by atoms with Crippen LogP contribution >= 0.6 is 0 Å². The molecule has 2 rings (SSSR count). The first-order valence-electron chi connectivity index (χ1n) is 5.91. The number of rotatable bonds is 3. The molecule has 1 aromatic carbocycles. The average Bonchev–Trinajstić information content (AvgIpc) is 2.69. The number of nitrogens with two attached hydrogens (primary N) is 1. The van der Waals surface area contributed by atoms with E-state index in [0.29, 0.717) is 17.9 Å². The summed E-state index contributed by atoms with van der Waals surface area (Å²) in [6.07, 6.45) is 0. The smallest absolute Gasteiger partial charge is 0.276 e. The highest BCUT2D eigenvalue weighted by Crippen LogP contribution is 2.16. The number of nitrogens with zero attached hydrogens (tertiary/aromatic N) is 2. The zero-order valence-electron chi connectivity index (χ0n) is 10.8. The van der Waals surface area contributed by atoms with E-state index in [0.717, 1.165) is 5.69 Å². The van der Waals surface area contributed by atoms with Crippen LogP contribution in [0.25, 0.3) is 0 Å². The third-order valence-corrected chi connectivity index (χ3v) is 2.69. The average molecular weight is 262 g/mol. The molecule has 0 saturated heterocycles. The Morgan fingerprint density at radius 2 is 2.16 bits per heavy atom. The summed E-state index contributed by atoms with van der Waals surface area (Å²) >= 11 is 0. The molecule has 2 aromatic rings. The van der Waals surface area contributed by atoms with Gasteiger partial charge in [0, 0.05) is 23.6 Å². The fourth-order valence-corrected chi connectivity index (χ4v) is 1.82.